The summed E-state index contributed by atoms with van der Waals surface area (Å²) in [4.78, 5) is 0.983. The highest BCUT2D eigenvalue weighted by Gasteiger charge is 2.06. The minimum atomic E-state index is 0.859. The molecule has 4 heteroatoms. The van der Waals surface area contributed by atoms with Gasteiger partial charge in [0, 0.05) is 47.8 Å². The molecule has 30 heavy (non-hydrogen) atoms. The smallest absolute Gasteiger partial charge is 0.0482 e. The molecule has 0 amide bonds. The summed E-state index contributed by atoms with van der Waals surface area (Å²) in [6.07, 6.45) is 0. The van der Waals surface area contributed by atoms with E-state index in [9.17, 15) is 0 Å². The predicted octanol–water partition coefficient (Wildman–Crippen LogP) is 6.01. The van der Waals surface area contributed by atoms with Crippen LogP contribution in [0.1, 0.15) is 11.1 Å². The number of aryl methyl sites for hydroxylation is 2. The van der Waals surface area contributed by atoms with E-state index in [0.29, 0.717) is 0 Å². The van der Waals surface area contributed by atoms with Crippen molar-refractivity contribution in [3.05, 3.63) is 77.9 Å². The van der Waals surface area contributed by atoms with Gasteiger partial charge < -0.3 is 16.0 Å². The van der Waals surface area contributed by atoms with Crippen molar-refractivity contribution in [2.24, 2.45) is 0 Å². The fourth-order valence-electron chi connectivity index (χ4n) is 3.95. The fraction of sp³-hybridized carbons (Fsp3) is 0.231. The molecule has 0 aliphatic heterocycles. The van der Waals surface area contributed by atoms with Gasteiger partial charge in [-0.2, -0.15) is 0 Å². The van der Waals surface area contributed by atoms with Crippen molar-refractivity contribution < 1.29 is 0 Å². The zero-order valence-corrected chi connectivity index (χ0v) is 18.5. The second-order valence-electron chi connectivity index (χ2n) is 7.75. The van der Waals surface area contributed by atoms with Gasteiger partial charge in [0.15, 0.2) is 0 Å². The van der Waals surface area contributed by atoms with Crippen LogP contribution in [0.3, 0.4) is 0 Å². The molecule has 4 rings (SSSR count). The Balaban J connectivity index is 1.26. The summed E-state index contributed by atoms with van der Waals surface area (Å²) < 4.78 is 0. The molecule has 0 spiro atoms. The summed E-state index contributed by atoms with van der Waals surface area (Å²) in [6, 6.07) is 23.5. The van der Waals surface area contributed by atoms with E-state index in [1.165, 1.54) is 38.4 Å². The Morgan fingerprint density at radius 2 is 1.37 bits per heavy atom. The van der Waals surface area contributed by atoms with Gasteiger partial charge in [-0.1, -0.05) is 54.6 Å². The maximum atomic E-state index is 4.63. The van der Waals surface area contributed by atoms with Crippen LogP contribution in [0.15, 0.2) is 71.6 Å². The molecule has 4 aromatic carbocycles. The molecule has 0 aliphatic rings. The lowest BCUT2D eigenvalue weighted by Gasteiger charge is -2.15. The average Bonchev–Trinajstić information content (AvgIpc) is 2.75. The Hall–Kier alpha value is -2.69. The first kappa shape index (κ1) is 20.6. The lowest BCUT2D eigenvalue weighted by atomic mass is 10.0. The van der Waals surface area contributed by atoms with Crippen molar-refractivity contribution in [3.63, 3.8) is 0 Å². The molecule has 3 nitrogen and oxygen atoms in total. The largest absolute Gasteiger partial charge is 0.383 e. The van der Waals surface area contributed by atoms with Crippen LogP contribution in [0, 0.1) is 13.8 Å². The maximum absolute atomic E-state index is 4.63. The first-order valence-corrected chi connectivity index (χ1v) is 11.0. The Morgan fingerprint density at radius 3 is 2.17 bits per heavy atom. The van der Waals surface area contributed by atoms with Gasteiger partial charge in [-0.15, -0.1) is 12.6 Å². The number of anilines is 2. The molecule has 3 N–H and O–H groups in total. The van der Waals surface area contributed by atoms with Crippen LogP contribution in [0.4, 0.5) is 11.4 Å². The molecule has 0 radical (unpaired) electrons. The van der Waals surface area contributed by atoms with Crippen molar-refractivity contribution in [2.45, 2.75) is 18.7 Å². The zero-order chi connectivity index (χ0) is 20.9. The first-order valence-electron chi connectivity index (χ1n) is 10.5. The Labute approximate surface area is 184 Å². The van der Waals surface area contributed by atoms with E-state index in [1.807, 2.05) is 0 Å². The highest BCUT2D eigenvalue weighted by atomic mass is 32.1. The fourth-order valence-corrected chi connectivity index (χ4v) is 4.23. The molecule has 0 saturated heterocycles. The summed E-state index contributed by atoms with van der Waals surface area (Å²) in [5, 5.41) is 15.7. The Bertz CT molecular complexity index is 1170. The van der Waals surface area contributed by atoms with Gasteiger partial charge in [0.05, 0.1) is 0 Å². The molecule has 154 valence electrons. The van der Waals surface area contributed by atoms with Crippen LogP contribution in [-0.2, 0) is 0 Å². The number of hydrogen-bond acceptors (Lipinski definition) is 4. The van der Waals surface area contributed by atoms with Crippen LogP contribution in [0.5, 0.6) is 0 Å². The molecule has 0 saturated carbocycles. The zero-order valence-electron chi connectivity index (χ0n) is 17.6. The number of hydrogen-bond donors (Lipinski definition) is 4. The van der Waals surface area contributed by atoms with Crippen molar-refractivity contribution in [1.29, 1.82) is 0 Å². The molecule has 0 aliphatic carbocycles. The molecule has 0 unspecified atom stereocenters. The quantitative estimate of drug-likeness (QED) is 0.210. The van der Waals surface area contributed by atoms with Crippen LogP contribution in [0.25, 0.3) is 21.5 Å². The van der Waals surface area contributed by atoms with Crippen LogP contribution >= 0.6 is 12.6 Å². The molecule has 0 fully saturated rings. The third-order valence-electron chi connectivity index (χ3n) is 5.55. The number of benzene rings is 4. The van der Waals surface area contributed by atoms with E-state index in [1.54, 1.807) is 0 Å². The molecular formula is C26H29N3S. The minimum Gasteiger partial charge on any atom is -0.383 e. The van der Waals surface area contributed by atoms with E-state index >= 15 is 0 Å². The van der Waals surface area contributed by atoms with Crippen LogP contribution < -0.4 is 16.0 Å². The van der Waals surface area contributed by atoms with Gasteiger partial charge in [0.2, 0.25) is 0 Å². The summed E-state index contributed by atoms with van der Waals surface area (Å²) in [6.45, 7) is 7.91. The van der Waals surface area contributed by atoms with E-state index in [-0.39, 0.29) is 0 Å². The van der Waals surface area contributed by atoms with Gasteiger partial charge in [-0.05, 0) is 53.3 Å². The second kappa shape index (κ2) is 9.41. The Kier molecular flexibility index (Phi) is 6.46. The Morgan fingerprint density at radius 1 is 0.667 bits per heavy atom. The number of thiol groups is 1. The standard InChI is InChI=1S/C26H29N3S/c1-18-6-5-9-20-11-10-19(2)26(25(18)20)29-15-13-27-12-14-28-23-16-21-7-3-4-8-22(21)17-24(23)30/h3-11,16-17,27-30H,12-15H2,1-2H3. The molecule has 0 bridgehead atoms. The van der Waals surface area contributed by atoms with Crippen molar-refractivity contribution in [2.75, 3.05) is 36.8 Å². The average molecular weight is 416 g/mol. The van der Waals surface area contributed by atoms with E-state index in [4.69, 9.17) is 0 Å². The molecule has 0 heterocycles. The second-order valence-corrected chi connectivity index (χ2v) is 8.23. The van der Waals surface area contributed by atoms with Crippen LogP contribution in [-0.4, -0.2) is 26.2 Å². The lowest BCUT2D eigenvalue weighted by Crippen LogP contribution is -2.27. The van der Waals surface area contributed by atoms with Gasteiger partial charge >= 0.3 is 0 Å². The van der Waals surface area contributed by atoms with Gasteiger partial charge in [-0.25, -0.2) is 0 Å². The van der Waals surface area contributed by atoms with E-state index < -0.39 is 0 Å². The van der Waals surface area contributed by atoms with E-state index in [0.717, 1.165) is 36.8 Å². The van der Waals surface area contributed by atoms with Gasteiger partial charge in [0.1, 0.15) is 0 Å². The lowest BCUT2D eigenvalue weighted by molar-refractivity contribution is 0.718. The number of rotatable bonds is 8. The van der Waals surface area contributed by atoms with Gasteiger partial charge in [0.25, 0.3) is 0 Å². The first-order chi connectivity index (χ1) is 14.6. The predicted molar refractivity (Wildman–Crippen MR) is 134 cm³/mol. The van der Waals surface area contributed by atoms with Crippen LogP contribution in [0.2, 0.25) is 0 Å². The number of fused-ring (bicyclic) bond motifs is 2. The third-order valence-corrected chi connectivity index (χ3v) is 5.92. The molecule has 0 atom stereocenters. The monoisotopic (exact) mass is 415 g/mol. The maximum Gasteiger partial charge on any atom is 0.0482 e. The minimum absolute atomic E-state index is 0.859. The highest BCUT2D eigenvalue weighted by molar-refractivity contribution is 7.80. The van der Waals surface area contributed by atoms with Crippen molar-refractivity contribution in [3.8, 4) is 0 Å². The van der Waals surface area contributed by atoms with Crippen molar-refractivity contribution >= 4 is 45.5 Å². The topological polar surface area (TPSA) is 36.1 Å². The summed E-state index contributed by atoms with van der Waals surface area (Å²) in [5.74, 6) is 0. The van der Waals surface area contributed by atoms with Crippen molar-refractivity contribution in [1.82, 2.24) is 5.32 Å². The third kappa shape index (κ3) is 4.55. The highest BCUT2D eigenvalue weighted by Crippen LogP contribution is 2.30. The molecular weight excluding hydrogens is 386 g/mol. The molecule has 0 aromatic heterocycles. The normalized spacial score (nSPS) is 11.2. The number of nitrogens with one attached hydrogen (secondary N) is 3. The summed E-state index contributed by atoms with van der Waals surface area (Å²) >= 11 is 4.63. The molecule has 4 aromatic rings. The van der Waals surface area contributed by atoms with E-state index in [2.05, 4.69) is 109 Å². The SMILES string of the molecule is Cc1ccc2cccc(C)c2c1NCCNCCNc1cc2ccccc2cc1S. The van der Waals surface area contributed by atoms with Gasteiger partial charge in [-0.3, -0.25) is 0 Å². The summed E-state index contributed by atoms with van der Waals surface area (Å²) in [5.41, 5.74) is 4.94. The summed E-state index contributed by atoms with van der Waals surface area (Å²) in [7, 11) is 0.